The molecule has 3 rings (SSSR count). The third-order valence-corrected chi connectivity index (χ3v) is 4.47. The highest BCUT2D eigenvalue weighted by Crippen LogP contribution is 2.44. The predicted molar refractivity (Wildman–Crippen MR) is 89.0 cm³/mol. The summed E-state index contributed by atoms with van der Waals surface area (Å²) in [5, 5.41) is 9.85. The average Bonchev–Trinajstić information content (AvgIpc) is 2.92. The highest BCUT2D eigenvalue weighted by Gasteiger charge is 2.30. The predicted octanol–water partition coefficient (Wildman–Crippen LogP) is 2.44. The molecule has 0 amide bonds. The fraction of sp³-hybridized carbons (Fsp3) is 0.316. The third kappa shape index (κ3) is 2.87. The van der Waals surface area contributed by atoms with Gasteiger partial charge in [0.1, 0.15) is 6.61 Å². The molecule has 0 bridgehead atoms. The number of fused-ring (bicyclic) bond motifs is 3. The first kappa shape index (κ1) is 15.7. The van der Waals surface area contributed by atoms with E-state index in [1.165, 1.54) is 11.1 Å². The maximum atomic E-state index is 12.0. The smallest absolute Gasteiger partial charge is 0.336 e. The molecule has 120 valence electrons. The van der Waals surface area contributed by atoms with Crippen molar-refractivity contribution in [3.05, 3.63) is 59.7 Å². The molecule has 1 unspecified atom stereocenters. The molecule has 2 aromatic rings. The van der Waals surface area contributed by atoms with Crippen LogP contribution in [0.2, 0.25) is 0 Å². The van der Waals surface area contributed by atoms with Crippen LogP contribution in [-0.4, -0.2) is 29.8 Å². The number of rotatable bonds is 5. The molecule has 0 aliphatic heterocycles. The van der Waals surface area contributed by atoms with E-state index in [1.807, 2.05) is 31.2 Å². The molecule has 0 heterocycles. The molecular formula is C19H21NO3. The van der Waals surface area contributed by atoms with Gasteiger partial charge >= 0.3 is 5.97 Å². The van der Waals surface area contributed by atoms with Crippen LogP contribution in [0.3, 0.4) is 0 Å². The van der Waals surface area contributed by atoms with Crippen LogP contribution in [-0.2, 0) is 9.53 Å². The van der Waals surface area contributed by atoms with Gasteiger partial charge in [0.25, 0.3) is 0 Å². The Morgan fingerprint density at radius 2 is 1.65 bits per heavy atom. The summed E-state index contributed by atoms with van der Waals surface area (Å²) in [7, 11) is 0. The summed E-state index contributed by atoms with van der Waals surface area (Å²) < 4.78 is 5.36. The number of benzene rings is 2. The highest BCUT2D eigenvalue weighted by molar-refractivity contribution is 5.79. The Bertz CT molecular complexity index is 668. The van der Waals surface area contributed by atoms with Gasteiger partial charge in [-0.3, -0.25) is 0 Å². The molecule has 4 heteroatoms. The van der Waals surface area contributed by atoms with E-state index in [0.29, 0.717) is 6.42 Å². The van der Waals surface area contributed by atoms with Crippen LogP contribution < -0.4 is 5.73 Å². The van der Waals surface area contributed by atoms with Crippen LogP contribution in [0, 0.1) is 0 Å². The summed E-state index contributed by atoms with van der Waals surface area (Å²) in [5.74, 6) is -0.655. The molecule has 4 nitrogen and oxygen atoms in total. The van der Waals surface area contributed by atoms with E-state index in [1.54, 1.807) is 0 Å². The van der Waals surface area contributed by atoms with Crippen LogP contribution in [0.1, 0.15) is 30.4 Å². The normalized spacial score (nSPS) is 15.6. The van der Waals surface area contributed by atoms with Gasteiger partial charge in [-0.15, -0.1) is 0 Å². The van der Waals surface area contributed by atoms with Crippen LogP contribution in [0.15, 0.2) is 48.5 Å². The van der Waals surface area contributed by atoms with Crippen molar-refractivity contribution in [1.29, 1.82) is 0 Å². The second-order valence-electron chi connectivity index (χ2n) is 5.87. The molecule has 1 aliphatic carbocycles. The highest BCUT2D eigenvalue weighted by atomic mass is 16.5. The molecule has 0 spiro atoms. The van der Waals surface area contributed by atoms with Gasteiger partial charge in [-0.25, -0.2) is 4.79 Å². The topological polar surface area (TPSA) is 72.5 Å². The number of hydrogen-bond acceptors (Lipinski definition) is 4. The van der Waals surface area contributed by atoms with Crippen LogP contribution in [0.5, 0.6) is 0 Å². The van der Waals surface area contributed by atoms with Crippen molar-refractivity contribution < 1.29 is 14.6 Å². The zero-order valence-electron chi connectivity index (χ0n) is 13.1. The van der Waals surface area contributed by atoms with Gasteiger partial charge in [-0.05, 0) is 28.7 Å². The van der Waals surface area contributed by atoms with Crippen molar-refractivity contribution in [3.8, 4) is 11.1 Å². The molecule has 3 N–H and O–H groups in total. The molecular weight excluding hydrogens is 290 g/mol. The number of ether oxygens (including phenoxy) is 1. The Morgan fingerprint density at radius 3 is 2.17 bits per heavy atom. The maximum absolute atomic E-state index is 12.0. The van der Waals surface area contributed by atoms with Crippen molar-refractivity contribution in [2.45, 2.75) is 31.4 Å². The molecule has 0 radical (unpaired) electrons. The van der Waals surface area contributed by atoms with Gasteiger partial charge in [-0.2, -0.15) is 0 Å². The molecule has 0 fully saturated rings. The molecule has 0 aromatic heterocycles. The maximum Gasteiger partial charge on any atom is 0.336 e. The average molecular weight is 311 g/mol. The SMILES string of the molecule is CCC(N)[C@H](O)C(=O)OCC1c2ccccc2-c2ccccc21. The number of aliphatic hydroxyl groups is 1. The minimum absolute atomic E-state index is 0.00333. The minimum atomic E-state index is -1.27. The van der Waals surface area contributed by atoms with Gasteiger partial charge in [-0.1, -0.05) is 55.5 Å². The lowest BCUT2D eigenvalue weighted by Crippen LogP contribution is -2.41. The first-order valence-corrected chi connectivity index (χ1v) is 7.92. The molecule has 1 aliphatic rings. The number of hydrogen-bond donors (Lipinski definition) is 2. The van der Waals surface area contributed by atoms with Crippen molar-refractivity contribution in [1.82, 2.24) is 0 Å². The number of carbonyl (C=O) groups excluding carboxylic acids is 1. The van der Waals surface area contributed by atoms with Crippen molar-refractivity contribution >= 4 is 5.97 Å². The van der Waals surface area contributed by atoms with Crippen molar-refractivity contribution in [2.24, 2.45) is 5.73 Å². The van der Waals surface area contributed by atoms with Gasteiger partial charge < -0.3 is 15.6 Å². The van der Waals surface area contributed by atoms with Crippen LogP contribution in [0.4, 0.5) is 0 Å². The van der Waals surface area contributed by atoms with Crippen molar-refractivity contribution in [2.75, 3.05) is 6.61 Å². The molecule has 23 heavy (non-hydrogen) atoms. The number of carbonyl (C=O) groups is 1. The fourth-order valence-corrected chi connectivity index (χ4v) is 3.09. The Labute approximate surface area is 135 Å². The van der Waals surface area contributed by atoms with Gasteiger partial charge in [0.15, 0.2) is 6.10 Å². The zero-order valence-corrected chi connectivity index (χ0v) is 13.1. The Hall–Kier alpha value is -2.17. The summed E-state index contributed by atoms with van der Waals surface area (Å²) in [4.78, 5) is 12.0. The monoisotopic (exact) mass is 311 g/mol. The van der Waals surface area contributed by atoms with E-state index in [0.717, 1.165) is 11.1 Å². The van der Waals surface area contributed by atoms with E-state index in [2.05, 4.69) is 24.3 Å². The van der Waals surface area contributed by atoms with Crippen LogP contribution in [0.25, 0.3) is 11.1 Å². The Balaban J connectivity index is 1.80. The summed E-state index contributed by atoms with van der Waals surface area (Å²) in [6.07, 6.45) is -0.752. The van der Waals surface area contributed by atoms with E-state index in [4.69, 9.17) is 10.5 Å². The van der Waals surface area contributed by atoms with Gasteiger partial charge in [0.05, 0.1) is 0 Å². The lowest BCUT2D eigenvalue weighted by molar-refractivity contribution is -0.154. The lowest BCUT2D eigenvalue weighted by Gasteiger charge is -2.18. The van der Waals surface area contributed by atoms with Gasteiger partial charge in [0.2, 0.25) is 0 Å². The Kier molecular flexibility index (Phi) is 4.46. The zero-order chi connectivity index (χ0) is 16.4. The first-order chi connectivity index (χ1) is 11.1. The second kappa shape index (κ2) is 6.52. The first-order valence-electron chi connectivity index (χ1n) is 7.92. The summed E-state index contributed by atoms with van der Waals surface area (Å²) in [6.45, 7) is 2.03. The number of aliphatic hydroxyl groups excluding tert-OH is 1. The summed E-state index contributed by atoms with van der Waals surface area (Å²) >= 11 is 0. The van der Waals surface area contributed by atoms with Gasteiger partial charge in [0, 0.05) is 12.0 Å². The Morgan fingerprint density at radius 1 is 1.13 bits per heavy atom. The molecule has 2 atom stereocenters. The van der Waals surface area contributed by atoms with Crippen LogP contribution >= 0.6 is 0 Å². The molecule has 2 aromatic carbocycles. The van der Waals surface area contributed by atoms with Crippen molar-refractivity contribution in [3.63, 3.8) is 0 Å². The molecule has 0 saturated carbocycles. The van der Waals surface area contributed by atoms with E-state index in [-0.39, 0.29) is 12.5 Å². The number of nitrogens with two attached hydrogens (primary N) is 1. The number of esters is 1. The molecule has 0 saturated heterocycles. The van der Waals surface area contributed by atoms with E-state index in [9.17, 15) is 9.90 Å². The van der Waals surface area contributed by atoms with E-state index >= 15 is 0 Å². The minimum Gasteiger partial charge on any atom is -0.463 e. The summed E-state index contributed by atoms with van der Waals surface area (Å²) in [6, 6.07) is 15.7. The quantitative estimate of drug-likeness (QED) is 0.832. The summed E-state index contributed by atoms with van der Waals surface area (Å²) in [5.41, 5.74) is 10.4. The second-order valence-corrected chi connectivity index (χ2v) is 5.87. The standard InChI is InChI=1S/C19H21NO3/c1-2-17(20)18(21)19(22)23-11-16-14-9-5-3-7-12(14)13-8-4-6-10-15(13)16/h3-10,16-18,21H,2,11,20H2,1H3/t17?,18-/m0/s1. The lowest BCUT2D eigenvalue weighted by atomic mass is 9.98. The largest absolute Gasteiger partial charge is 0.463 e. The third-order valence-electron chi connectivity index (χ3n) is 4.47. The van der Waals surface area contributed by atoms with E-state index < -0.39 is 18.1 Å². The fourth-order valence-electron chi connectivity index (χ4n) is 3.09.